The molecule has 0 radical (unpaired) electrons. The largest absolute Gasteiger partial charge is 0.309 e. The highest BCUT2D eigenvalue weighted by Gasteiger charge is 2.24. The Balaban J connectivity index is 1.23. The zero-order valence-corrected chi connectivity index (χ0v) is 30.3. The van der Waals surface area contributed by atoms with Crippen molar-refractivity contribution >= 4 is 76.2 Å². The molecule has 9 aromatic carbocycles. The van der Waals surface area contributed by atoms with Gasteiger partial charge in [-0.1, -0.05) is 152 Å². The number of fused-ring (bicyclic) bond motifs is 9. The minimum absolute atomic E-state index is 0.798. The molecule has 12 aromatic rings. The van der Waals surface area contributed by atoms with Crippen LogP contribution in [0.1, 0.15) is 0 Å². The van der Waals surface area contributed by atoms with E-state index in [2.05, 4.69) is 203 Å². The number of hydrogen-bond acceptors (Lipinski definition) is 2. The van der Waals surface area contributed by atoms with Crippen molar-refractivity contribution in [3.8, 4) is 33.9 Å². The van der Waals surface area contributed by atoms with E-state index in [-0.39, 0.29) is 0 Å². The normalized spacial score (nSPS) is 11.9. The summed E-state index contributed by atoms with van der Waals surface area (Å²) in [5.41, 5.74) is 11.4. The summed E-state index contributed by atoms with van der Waals surface area (Å²) in [6, 6.07) is 69.5. The van der Waals surface area contributed by atoms with Crippen molar-refractivity contribution < 1.29 is 0 Å². The minimum Gasteiger partial charge on any atom is -0.309 e. The highest BCUT2D eigenvalue weighted by molar-refractivity contribution is 6.17. The molecule has 12 rings (SSSR count). The quantitative estimate of drug-likeness (QED) is 0.170. The van der Waals surface area contributed by atoms with Crippen molar-refractivity contribution in [2.75, 3.05) is 0 Å². The maximum Gasteiger partial charge on any atom is 0.165 e. The number of hydrogen-bond donors (Lipinski definition) is 0. The topological polar surface area (TPSA) is 35.6 Å². The molecule has 0 fully saturated rings. The lowest BCUT2D eigenvalue weighted by molar-refractivity contribution is 1.08. The number of rotatable bonds is 4. The van der Waals surface area contributed by atoms with Crippen molar-refractivity contribution in [1.29, 1.82) is 0 Å². The van der Waals surface area contributed by atoms with Gasteiger partial charge in [-0.2, -0.15) is 0 Å². The van der Waals surface area contributed by atoms with Crippen LogP contribution in [0.2, 0.25) is 0 Å². The second-order valence-electron chi connectivity index (χ2n) is 14.6. The summed E-state index contributed by atoms with van der Waals surface area (Å²) in [5.74, 6) is 0.798. The Kier molecular flexibility index (Phi) is 6.60. The van der Waals surface area contributed by atoms with Crippen LogP contribution in [0.15, 0.2) is 194 Å². The van der Waals surface area contributed by atoms with Gasteiger partial charge in [-0.3, -0.25) is 4.57 Å². The van der Waals surface area contributed by atoms with Gasteiger partial charge in [0.1, 0.15) is 5.69 Å². The van der Waals surface area contributed by atoms with Gasteiger partial charge < -0.3 is 4.57 Å². The molecule has 0 saturated heterocycles. The summed E-state index contributed by atoms with van der Waals surface area (Å²) in [6.07, 6.45) is 0. The zero-order chi connectivity index (χ0) is 36.7. The number of aromatic nitrogens is 4. The van der Waals surface area contributed by atoms with Gasteiger partial charge in [-0.05, 0) is 69.6 Å². The maximum atomic E-state index is 5.79. The summed E-state index contributed by atoms with van der Waals surface area (Å²) in [6.45, 7) is 0. The summed E-state index contributed by atoms with van der Waals surface area (Å²) in [7, 11) is 0. The van der Waals surface area contributed by atoms with E-state index in [9.17, 15) is 0 Å². The summed E-state index contributed by atoms with van der Waals surface area (Å²) < 4.78 is 4.77. The first-order chi connectivity index (χ1) is 27.8. The van der Waals surface area contributed by atoms with Crippen molar-refractivity contribution in [3.05, 3.63) is 194 Å². The molecule has 0 spiro atoms. The fourth-order valence-corrected chi connectivity index (χ4v) is 9.03. The number of benzene rings is 9. The zero-order valence-electron chi connectivity index (χ0n) is 30.3. The molecule has 0 amide bonds. The Morgan fingerprint density at radius 1 is 0.357 bits per heavy atom. The van der Waals surface area contributed by atoms with E-state index < -0.39 is 0 Å². The molecule has 3 heterocycles. The lowest BCUT2D eigenvalue weighted by atomic mass is 9.94. The highest BCUT2D eigenvalue weighted by atomic mass is 15.1. The lowest BCUT2D eigenvalue weighted by Crippen LogP contribution is -2.05. The fourth-order valence-electron chi connectivity index (χ4n) is 9.03. The van der Waals surface area contributed by atoms with Gasteiger partial charge in [0.15, 0.2) is 5.82 Å². The molecule has 0 aliphatic rings. The van der Waals surface area contributed by atoms with E-state index >= 15 is 0 Å². The minimum atomic E-state index is 0.798. The van der Waals surface area contributed by atoms with Crippen molar-refractivity contribution in [3.63, 3.8) is 0 Å². The van der Waals surface area contributed by atoms with E-state index in [4.69, 9.17) is 9.97 Å². The van der Waals surface area contributed by atoms with E-state index in [1.807, 2.05) is 0 Å². The summed E-state index contributed by atoms with van der Waals surface area (Å²) in [5, 5.41) is 9.50. The van der Waals surface area contributed by atoms with E-state index in [0.717, 1.165) is 72.1 Å². The first-order valence-electron chi connectivity index (χ1n) is 19.1. The van der Waals surface area contributed by atoms with Crippen molar-refractivity contribution in [1.82, 2.24) is 19.1 Å². The van der Waals surface area contributed by atoms with E-state index in [1.54, 1.807) is 0 Å². The molecule has 0 atom stereocenters. The third-order valence-corrected chi connectivity index (χ3v) is 11.5. The second kappa shape index (κ2) is 12.0. The van der Waals surface area contributed by atoms with Gasteiger partial charge in [-0.25, -0.2) is 9.97 Å². The number of para-hydroxylation sites is 3. The molecule has 3 aromatic heterocycles. The van der Waals surface area contributed by atoms with Crippen molar-refractivity contribution in [2.45, 2.75) is 0 Å². The SMILES string of the molecule is c1ccc(-c2nc3cc4ccccc4c(-c4ccc5ccccc5c4)c3nc2-n2c3ccccc3c3c(-n4c5ccccc5c5ccccc54)cccc32)cc1. The molecule has 56 heavy (non-hydrogen) atoms. The lowest BCUT2D eigenvalue weighted by Gasteiger charge is -2.17. The molecule has 0 saturated carbocycles. The van der Waals surface area contributed by atoms with Crippen LogP contribution in [0.25, 0.3) is 110 Å². The smallest absolute Gasteiger partial charge is 0.165 e. The molecule has 0 bridgehead atoms. The molecule has 4 heteroatoms. The number of nitrogens with zero attached hydrogens (tertiary/aromatic N) is 4. The Hall–Kier alpha value is -7.56. The predicted molar refractivity (Wildman–Crippen MR) is 234 cm³/mol. The van der Waals surface area contributed by atoms with Crippen LogP contribution in [-0.4, -0.2) is 19.1 Å². The van der Waals surface area contributed by atoms with Crippen LogP contribution in [0, 0.1) is 0 Å². The van der Waals surface area contributed by atoms with Crippen LogP contribution < -0.4 is 0 Å². The van der Waals surface area contributed by atoms with Gasteiger partial charge in [0.05, 0.1) is 38.8 Å². The molecule has 4 nitrogen and oxygen atoms in total. The summed E-state index contributed by atoms with van der Waals surface area (Å²) in [4.78, 5) is 11.4. The molecule has 0 aliphatic heterocycles. The standard InChI is InChI=1S/C52H32N4/c1-2-16-34(17-3-1)50-52(54-51-42(53-50)32-36-19-6-7-20-38(36)48(51)37-30-29-33-15-4-5-18-35(33)31-37)56-45-26-13-10-23-41(45)49-46(27-14-28-47(49)56)55-43-24-11-8-21-39(43)40-22-9-12-25-44(40)55/h1-32H. The Bertz CT molecular complexity index is 3480. The second-order valence-corrected chi connectivity index (χ2v) is 14.6. The van der Waals surface area contributed by atoms with Crippen LogP contribution in [0.4, 0.5) is 0 Å². The molecule has 0 aliphatic carbocycles. The summed E-state index contributed by atoms with van der Waals surface area (Å²) >= 11 is 0. The van der Waals surface area contributed by atoms with Gasteiger partial charge >= 0.3 is 0 Å². The Morgan fingerprint density at radius 2 is 0.946 bits per heavy atom. The van der Waals surface area contributed by atoms with Gasteiger partial charge in [0, 0.05) is 32.7 Å². The van der Waals surface area contributed by atoms with Crippen LogP contribution >= 0.6 is 0 Å². The average molecular weight is 713 g/mol. The highest BCUT2D eigenvalue weighted by Crippen LogP contribution is 2.43. The predicted octanol–water partition coefficient (Wildman–Crippen LogP) is 13.5. The molecule has 0 unspecified atom stereocenters. The Morgan fingerprint density at radius 3 is 1.70 bits per heavy atom. The van der Waals surface area contributed by atoms with Crippen molar-refractivity contribution in [2.24, 2.45) is 0 Å². The van der Waals surface area contributed by atoms with E-state index in [1.165, 1.54) is 38.0 Å². The molecule has 260 valence electrons. The average Bonchev–Trinajstić information content (AvgIpc) is 3.78. The maximum absolute atomic E-state index is 5.79. The molecule has 0 N–H and O–H groups in total. The van der Waals surface area contributed by atoms with Crippen LogP contribution in [0.5, 0.6) is 0 Å². The van der Waals surface area contributed by atoms with Crippen LogP contribution in [-0.2, 0) is 0 Å². The Labute approximate surface area is 322 Å². The van der Waals surface area contributed by atoms with Gasteiger partial charge in [0.25, 0.3) is 0 Å². The first kappa shape index (κ1) is 30.9. The molecular formula is C52H32N4. The monoisotopic (exact) mass is 712 g/mol. The van der Waals surface area contributed by atoms with Gasteiger partial charge in [-0.15, -0.1) is 0 Å². The van der Waals surface area contributed by atoms with Crippen LogP contribution in [0.3, 0.4) is 0 Å². The third kappa shape index (κ3) is 4.47. The first-order valence-corrected chi connectivity index (χ1v) is 19.1. The fraction of sp³-hybridized carbons (Fsp3) is 0. The van der Waals surface area contributed by atoms with Gasteiger partial charge in [0.2, 0.25) is 0 Å². The van der Waals surface area contributed by atoms with E-state index in [0.29, 0.717) is 0 Å². The third-order valence-electron chi connectivity index (χ3n) is 11.5. The molecular weight excluding hydrogens is 681 g/mol.